The van der Waals surface area contributed by atoms with Crippen LogP contribution in [-0.4, -0.2) is 36.3 Å². The van der Waals surface area contributed by atoms with E-state index in [0.29, 0.717) is 32.1 Å². The summed E-state index contributed by atoms with van der Waals surface area (Å²) in [6.45, 7) is 11.7. The van der Waals surface area contributed by atoms with Gasteiger partial charge in [0.05, 0.1) is 6.42 Å². The highest BCUT2D eigenvalue weighted by Crippen LogP contribution is 2.22. The molecule has 41 heavy (non-hydrogen) atoms. The van der Waals surface area contributed by atoms with Crippen LogP contribution in [0, 0.1) is 5.92 Å². The van der Waals surface area contributed by atoms with Gasteiger partial charge in [-0.1, -0.05) is 45.9 Å². The average Bonchev–Trinajstić information content (AvgIpc) is 2.97. The lowest BCUT2D eigenvalue weighted by Gasteiger charge is -2.28. The molecule has 224 valence electrons. The summed E-state index contributed by atoms with van der Waals surface area (Å²) in [4.78, 5) is 49.0. The van der Waals surface area contributed by atoms with Gasteiger partial charge in [0.25, 0.3) is 0 Å². The van der Waals surface area contributed by atoms with Gasteiger partial charge < -0.3 is 10.2 Å². The van der Waals surface area contributed by atoms with Crippen LogP contribution in [-0.2, 0) is 27.2 Å². The Balaban J connectivity index is 0.000000415. The summed E-state index contributed by atoms with van der Waals surface area (Å²) in [5, 5.41) is 2.99. The topological polar surface area (TPSA) is 83.5 Å². The van der Waals surface area contributed by atoms with E-state index >= 15 is 0 Å². The monoisotopic (exact) mass is 562 g/mol. The van der Waals surface area contributed by atoms with Crippen molar-refractivity contribution in [1.29, 1.82) is 0 Å². The minimum absolute atomic E-state index is 0.0367. The summed E-state index contributed by atoms with van der Waals surface area (Å²) in [6.07, 6.45) is 9.19. The van der Waals surface area contributed by atoms with Crippen LogP contribution in [0.25, 0.3) is 0 Å². The number of nitrogens with zero attached hydrogens (tertiary/aromatic N) is 1. The van der Waals surface area contributed by atoms with Crippen LogP contribution in [0.1, 0.15) is 114 Å². The molecule has 1 unspecified atom stereocenters. The van der Waals surface area contributed by atoms with Crippen LogP contribution < -0.4 is 10.2 Å². The second kappa shape index (κ2) is 18.2. The Bertz CT molecular complexity index is 1130. The molecule has 1 amide bonds. The zero-order chi connectivity index (χ0) is 30.2. The second-order valence-electron chi connectivity index (χ2n) is 11.2. The third-order valence-corrected chi connectivity index (χ3v) is 7.64. The van der Waals surface area contributed by atoms with Crippen molar-refractivity contribution < 1.29 is 19.2 Å². The van der Waals surface area contributed by atoms with Crippen molar-refractivity contribution in [2.24, 2.45) is 5.92 Å². The molecule has 1 saturated heterocycles. The largest absolute Gasteiger partial charge is 0.372 e. The summed E-state index contributed by atoms with van der Waals surface area (Å²) in [5.41, 5.74) is 4.81. The summed E-state index contributed by atoms with van der Waals surface area (Å²) in [6, 6.07) is 13.9. The van der Waals surface area contributed by atoms with Gasteiger partial charge in [-0.25, -0.2) is 0 Å². The number of carbonyl (C=O) groups excluding carboxylic acids is 4. The molecule has 0 bridgehead atoms. The van der Waals surface area contributed by atoms with E-state index in [1.165, 1.54) is 24.9 Å². The Morgan fingerprint density at radius 1 is 0.854 bits per heavy atom. The number of amides is 1. The highest BCUT2D eigenvalue weighted by atomic mass is 16.2. The fourth-order valence-electron chi connectivity index (χ4n) is 4.97. The van der Waals surface area contributed by atoms with Crippen LogP contribution in [0.3, 0.4) is 0 Å². The van der Waals surface area contributed by atoms with Gasteiger partial charge >= 0.3 is 0 Å². The maximum Gasteiger partial charge on any atom is 0.228 e. The lowest BCUT2D eigenvalue weighted by molar-refractivity contribution is -0.121. The molecule has 3 rings (SSSR count). The van der Waals surface area contributed by atoms with Crippen LogP contribution in [0.2, 0.25) is 0 Å². The summed E-state index contributed by atoms with van der Waals surface area (Å²) in [5.74, 6) is 0.662. The van der Waals surface area contributed by atoms with Crippen LogP contribution in [0.4, 0.5) is 11.4 Å². The van der Waals surface area contributed by atoms with Gasteiger partial charge in [-0.15, -0.1) is 0 Å². The molecule has 1 N–H and O–H groups in total. The molecule has 6 nitrogen and oxygen atoms in total. The predicted octanol–water partition coefficient (Wildman–Crippen LogP) is 7.76. The molecule has 1 aliphatic rings. The standard InChI is InChI=1S/C25H32N2O2.C10H18O2/c1-3-8-24(28)23-14-9-19(17-20(23)4-2)18-25(29)26-21-10-12-22(13-11-21)27-15-6-5-7-16-27;1-4-5-10(12)7-6-8(2)9(3)11/h9-14,17H,3-8,15-16,18H2,1-2H3,(H,26,29);8H,4-7H2,1-3H3. The van der Waals surface area contributed by atoms with Gasteiger partial charge in [0.2, 0.25) is 5.91 Å². The van der Waals surface area contributed by atoms with Crippen LogP contribution in [0.15, 0.2) is 42.5 Å². The number of Topliss-reactive ketones (excluding diaryl/α,β-unsaturated/α-hetero) is 3. The summed E-state index contributed by atoms with van der Waals surface area (Å²) in [7, 11) is 0. The van der Waals surface area contributed by atoms with Crippen molar-refractivity contribution in [1.82, 2.24) is 0 Å². The SMILES string of the molecule is CCCC(=O)CCC(C)C(C)=O.CCCC(=O)c1ccc(CC(=O)Nc2ccc(N3CCCCC3)cc2)cc1CC. The number of ketones is 3. The van der Waals surface area contributed by atoms with Gasteiger partial charge in [-0.05, 0) is 87.3 Å². The average molecular weight is 563 g/mol. The molecule has 1 atom stereocenters. The van der Waals surface area contributed by atoms with Crippen molar-refractivity contribution in [2.45, 2.75) is 105 Å². The molecule has 2 aromatic rings. The van der Waals surface area contributed by atoms with E-state index in [2.05, 4.69) is 22.3 Å². The van der Waals surface area contributed by atoms with E-state index in [1.807, 2.05) is 58.0 Å². The first-order valence-electron chi connectivity index (χ1n) is 15.5. The smallest absolute Gasteiger partial charge is 0.228 e. The number of nitrogens with one attached hydrogen (secondary N) is 1. The van der Waals surface area contributed by atoms with Crippen molar-refractivity contribution in [3.8, 4) is 0 Å². The quantitative estimate of drug-likeness (QED) is 0.238. The zero-order valence-electron chi connectivity index (χ0n) is 25.9. The molecule has 1 heterocycles. The number of piperidine rings is 1. The number of carbonyl (C=O) groups is 4. The number of benzene rings is 2. The Labute approximate surface area is 247 Å². The summed E-state index contributed by atoms with van der Waals surface area (Å²) < 4.78 is 0. The number of anilines is 2. The number of hydrogen-bond acceptors (Lipinski definition) is 5. The Kier molecular flexibility index (Phi) is 15.1. The lowest BCUT2D eigenvalue weighted by atomic mass is 9.96. The van der Waals surface area contributed by atoms with Crippen molar-refractivity contribution >= 4 is 34.6 Å². The van der Waals surface area contributed by atoms with Gasteiger partial charge in [-0.2, -0.15) is 0 Å². The molecule has 1 fully saturated rings. The highest BCUT2D eigenvalue weighted by molar-refractivity contribution is 5.98. The van der Waals surface area contributed by atoms with E-state index in [4.69, 9.17) is 0 Å². The van der Waals surface area contributed by atoms with Gasteiger partial charge in [0, 0.05) is 55.2 Å². The molecule has 0 saturated carbocycles. The highest BCUT2D eigenvalue weighted by Gasteiger charge is 2.14. The fourth-order valence-corrected chi connectivity index (χ4v) is 4.97. The molecule has 6 heteroatoms. The molecular weight excluding hydrogens is 512 g/mol. The van der Waals surface area contributed by atoms with Gasteiger partial charge in [0.15, 0.2) is 5.78 Å². The van der Waals surface area contributed by atoms with E-state index < -0.39 is 0 Å². The predicted molar refractivity (Wildman–Crippen MR) is 169 cm³/mol. The van der Waals surface area contributed by atoms with Crippen molar-refractivity contribution in [3.63, 3.8) is 0 Å². The minimum Gasteiger partial charge on any atom is -0.372 e. The molecule has 0 spiro atoms. The lowest BCUT2D eigenvalue weighted by Crippen LogP contribution is -2.29. The molecular formula is C35H50N2O4. The Morgan fingerprint density at radius 2 is 1.51 bits per heavy atom. The fraction of sp³-hybridized carbons (Fsp3) is 0.543. The van der Waals surface area contributed by atoms with Crippen LogP contribution >= 0.6 is 0 Å². The normalized spacial score (nSPS) is 13.5. The summed E-state index contributed by atoms with van der Waals surface area (Å²) >= 11 is 0. The first-order chi connectivity index (χ1) is 19.7. The first-order valence-corrected chi connectivity index (χ1v) is 15.5. The third kappa shape index (κ3) is 12.0. The number of aryl methyl sites for hydroxylation is 1. The molecule has 1 aliphatic heterocycles. The maximum atomic E-state index is 12.5. The Hall–Kier alpha value is -3.28. The molecule has 0 aliphatic carbocycles. The first kappa shape index (κ1) is 33.9. The maximum absolute atomic E-state index is 12.5. The number of rotatable bonds is 14. The third-order valence-electron chi connectivity index (χ3n) is 7.64. The van der Waals surface area contributed by atoms with Gasteiger partial charge in [-0.3, -0.25) is 19.2 Å². The van der Waals surface area contributed by atoms with E-state index in [0.717, 1.165) is 54.7 Å². The van der Waals surface area contributed by atoms with Crippen molar-refractivity contribution in [2.75, 3.05) is 23.3 Å². The molecule has 2 aromatic carbocycles. The Morgan fingerprint density at radius 3 is 2.10 bits per heavy atom. The van der Waals surface area contributed by atoms with Gasteiger partial charge in [0.1, 0.15) is 11.6 Å². The second-order valence-corrected chi connectivity index (χ2v) is 11.2. The zero-order valence-corrected chi connectivity index (χ0v) is 25.9. The van der Waals surface area contributed by atoms with E-state index in [-0.39, 0.29) is 29.2 Å². The minimum atomic E-state index is -0.0367. The molecule has 0 aromatic heterocycles. The van der Waals surface area contributed by atoms with E-state index in [9.17, 15) is 19.2 Å². The number of hydrogen-bond donors (Lipinski definition) is 1. The van der Waals surface area contributed by atoms with E-state index in [1.54, 1.807) is 6.92 Å². The van der Waals surface area contributed by atoms with Crippen molar-refractivity contribution in [3.05, 3.63) is 59.2 Å². The van der Waals surface area contributed by atoms with Crippen LogP contribution in [0.5, 0.6) is 0 Å². The molecule has 0 radical (unpaired) electrons.